The van der Waals surface area contributed by atoms with Crippen LogP contribution in [0.25, 0.3) is 10.9 Å². The van der Waals surface area contributed by atoms with Gasteiger partial charge in [0.2, 0.25) is 0 Å². The predicted octanol–water partition coefficient (Wildman–Crippen LogP) is 2.54. The van der Waals surface area contributed by atoms with Gasteiger partial charge in [-0.25, -0.2) is 0 Å². The number of aromatic amines is 1. The van der Waals surface area contributed by atoms with Gasteiger partial charge in [-0.05, 0) is 36.1 Å². The minimum atomic E-state index is 0.486. The maximum Gasteiger partial charge on any atom is 0.0669 e. The van der Waals surface area contributed by atoms with Crippen molar-refractivity contribution >= 4 is 10.9 Å². The third kappa shape index (κ3) is 1.41. The maximum atomic E-state index is 8.54. The molecular formula is C11H10N2. The molecule has 0 radical (unpaired) electrons. The summed E-state index contributed by atoms with van der Waals surface area (Å²) < 4.78 is 0. The Hall–Kier alpha value is -1.75. The Morgan fingerprint density at radius 3 is 3.00 bits per heavy atom. The highest BCUT2D eigenvalue weighted by atomic mass is 14.7. The van der Waals surface area contributed by atoms with E-state index in [0.29, 0.717) is 6.42 Å². The predicted molar refractivity (Wildman–Crippen MR) is 52.4 cm³/mol. The molecule has 0 atom stereocenters. The van der Waals surface area contributed by atoms with Crippen molar-refractivity contribution in [3.05, 3.63) is 35.5 Å². The van der Waals surface area contributed by atoms with Crippen LogP contribution >= 0.6 is 0 Å². The van der Waals surface area contributed by atoms with E-state index in [1.807, 2.05) is 19.1 Å². The number of nitrogens with one attached hydrogen (secondary N) is 1. The molecule has 1 aromatic heterocycles. The van der Waals surface area contributed by atoms with Crippen molar-refractivity contribution in [2.45, 2.75) is 13.3 Å². The number of fused-ring (bicyclic) bond motifs is 1. The summed E-state index contributed by atoms with van der Waals surface area (Å²) in [5.41, 5.74) is 3.37. The number of aryl methyl sites for hydroxylation is 1. The van der Waals surface area contributed by atoms with E-state index in [9.17, 15) is 0 Å². The Kier molecular flexibility index (Phi) is 1.79. The summed E-state index contributed by atoms with van der Waals surface area (Å²) in [6.45, 7) is 2.03. The second kappa shape index (κ2) is 2.95. The topological polar surface area (TPSA) is 39.6 Å². The molecule has 0 unspecified atom stereocenters. The molecule has 1 heterocycles. The van der Waals surface area contributed by atoms with Crippen molar-refractivity contribution in [1.82, 2.24) is 4.98 Å². The van der Waals surface area contributed by atoms with Gasteiger partial charge >= 0.3 is 0 Å². The molecule has 2 aromatic rings. The van der Waals surface area contributed by atoms with Crippen molar-refractivity contribution in [2.75, 3.05) is 0 Å². The average Bonchev–Trinajstić information content (AvgIpc) is 2.44. The molecule has 13 heavy (non-hydrogen) atoms. The van der Waals surface area contributed by atoms with Gasteiger partial charge in [-0.2, -0.15) is 5.26 Å². The monoisotopic (exact) mass is 170 g/mol. The largest absolute Gasteiger partial charge is 0.359 e. The normalized spacial score (nSPS) is 10.2. The molecule has 2 nitrogen and oxygen atoms in total. The Morgan fingerprint density at radius 2 is 2.23 bits per heavy atom. The zero-order chi connectivity index (χ0) is 9.26. The Bertz CT molecular complexity index is 474. The van der Waals surface area contributed by atoms with E-state index in [2.05, 4.69) is 23.2 Å². The highest BCUT2D eigenvalue weighted by Gasteiger charge is 1.98. The van der Waals surface area contributed by atoms with Crippen LogP contribution < -0.4 is 0 Å². The van der Waals surface area contributed by atoms with Crippen LogP contribution in [0.4, 0.5) is 0 Å². The van der Waals surface area contributed by atoms with Crippen LogP contribution in [0, 0.1) is 18.3 Å². The fourth-order valence-electron chi connectivity index (χ4n) is 1.53. The number of nitriles is 1. The Morgan fingerprint density at radius 1 is 1.38 bits per heavy atom. The number of rotatable bonds is 1. The SMILES string of the molecule is Cc1cc2cc(CC#N)ccc2[nH]1. The highest BCUT2D eigenvalue weighted by molar-refractivity contribution is 5.81. The van der Waals surface area contributed by atoms with Crippen molar-refractivity contribution in [3.8, 4) is 6.07 Å². The molecule has 0 aliphatic carbocycles. The number of aromatic nitrogens is 1. The first-order valence-corrected chi connectivity index (χ1v) is 4.25. The van der Waals surface area contributed by atoms with Crippen molar-refractivity contribution in [2.24, 2.45) is 0 Å². The van der Waals surface area contributed by atoms with Crippen LogP contribution in [0.3, 0.4) is 0 Å². The van der Waals surface area contributed by atoms with E-state index >= 15 is 0 Å². The number of hydrogen-bond acceptors (Lipinski definition) is 1. The molecule has 0 amide bonds. The van der Waals surface area contributed by atoms with E-state index in [1.54, 1.807) is 0 Å². The van der Waals surface area contributed by atoms with Crippen LogP contribution in [-0.4, -0.2) is 4.98 Å². The Balaban J connectivity index is 2.56. The van der Waals surface area contributed by atoms with Gasteiger partial charge in [0.05, 0.1) is 12.5 Å². The molecule has 1 aromatic carbocycles. The van der Waals surface area contributed by atoms with Crippen molar-refractivity contribution < 1.29 is 0 Å². The van der Waals surface area contributed by atoms with Crippen LogP contribution in [0.5, 0.6) is 0 Å². The molecule has 0 saturated heterocycles. The smallest absolute Gasteiger partial charge is 0.0669 e. The fraction of sp³-hybridized carbons (Fsp3) is 0.182. The minimum Gasteiger partial charge on any atom is -0.359 e. The summed E-state index contributed by atoms with van der Waals surface area (Å²) in [5, 5.41) is 9.72. The summed E-state index contributed by atoms with van der Waals surface area (Å²) in [7, 11) is 0. The quantitative estimate of drug-likeness (QED) is 0.701. The van der Waals surface area contributed by atoms with E-state index in [4.69, 9.17) is 5.26 Å². The number of nitrogens with zero attached hydrogens (tertiary/aromatic N) is 1. The molecule has 64 valence electrons. The zero-order valence-corrected chi connectivity index (χ0v) is 7.46. The van der Waals surface area contributed by atoms with E-state index in [1.165, 1.54) is 5.39 Å². The third-order valence-corrected chi connectivity index (χ3v) is 2.10. The standard InChI is InChI=1S/C11H10N2/c1-8-6-10-7-9(4-5-12)2-3-11(10)13-8/h2-3,6-7,13H,4H2,1H3. The van der Waals surface area contributed by atoms with Crippen LogP contribution in [0.1, 0.15) is 11.3 Å². The number of hydrogen-bond donors (Lipinski definition) is 1. The van der Waals surface area contributed by atoms with Gasteiger partial charge in [0.15, 0.2) is 0 Å². The first-order valence-electron chi connectivity index (χ1n) is 4.25. The molecule has 0 spiro atoms. The highest BCUT2D eigenvalue weighted by Crippen LogP contribution is 2.16. The van der Waals surface area contributed by atoms with Gasteiger partial charge in [0.25, 0.3) is 0 Å². The van der Waals surface area contributed by atoms with Crippen molar-refractivity contribution in [1.29, 1.82) is 5.26 Å². The molecule has 2 heteroatoms. The molecule has 0 saturated carbocycles. The summed E-state index contributed by atoms with van der Waals surface area (Å²) in [5.74, 6) is 0. The van der Waals surface area contributed by atoms with Gasteiger partial charge in [0, 0.05) is 11.2 Å². The van der Waals surface area contributed by atoms with Crippen LogP contribution in [0.2, 0.25) is 0 Å². The third-order valence-electron chi connectivity index (χ3n) is 2.10. The van der Waals surface area contributed by atoms with E-state index in [-0.39, 0.29) is 0 Å². The Labute approximate surface area is 76.8 Å². The molecular weight excluding hydrogens is 160 g/mol. The minimum absolute atomic E-state index is 0.486. The maximum absolute atomic E-state index is 8.54. The van der Waals surface area contributed by atoms with Crippen LogP contribution in [-0.2, 0) is 6.42 Å². The zero-order valence-electron chi connectivity index (χ0n) is 7.46. The van der Waals surface area contributed by atoms with Gasteiger partial charge in [0.1, 0.15) is 0 Å². The molecule has 0 bridgehead atoms. The fourth-order valence-corrected chi connectivity index (χ4v) is 1.53. The second-order valence-corrected chi connectivity index (χ2v) is 3.21. The lowest BCUT2D eigenvalue weighted by molar-refractivity contribution is 1.27. The van der Waals surface area contributed by atoms with E-state index in [0.717, 1.165) is 16.8 Å². The molecule has 0 fully saturated rings. The molecule has 2 rings (SSSR count). The first-order chi connectivity index (χ1) is 6.29. The lowest BCUT2D eigenvalue weighted by Gasteiger charge is -1.93. The first kappa shape index (κ1) is 7.88. The summed E-state index contributed by atoms with van der Waals surface area (Å²) in [4.78, 5) is 3.24. The second-order valence-electron chi connectivity index (χ2n) is 3.21. The molecule has 0 aliphatic heterocycles. The summed E-state index contributed by atoms with van der Waals surface area (Å²) in [6.07, 6.45) is 0.486. The number of H-pyrrole nitrogens is 1. The lowest BCUT2D eigenvalue weighted by atomic mass is 10.1. The molecule has 0 aliphatic rings. The van der Waals surface area contributed by atoms with Gasteiger partial charge in [-0.1, -0.05) is 6.07 Å². The van der Waals surface area contributed by atoms with Crippen LogP contribution in [0.15, 0.2) is 24.3 Å². The molecule has 1 N–H and O–H groups in total. The average molecular weight is 170 g/mol. The van der Waals surface area contributed by atoms with Crippen molar-refractivity contribution in [3.63, 3.8) is 0 Å². The number of benzene rings is 1. The van der Waals surface area contributed by atoms with Gasteiger partial charge in [-0.3, -0.25) is 0 Å². The summed E-state index contributed by atoms with van der Waals surface area (Å²) >= 11 is 0. The van der Waals surface area contributed by atoms with E-state index < -0.39 is 0 Å². The summed E-state index contributed by atoms with van der Waals surface area (Å²) in [6, 6.07) is 10.3. The van der Waals surface area contributed by atoms with Gasteiger partial charge in [-0.15, -0.1) is 0 Å². The van der Waals surface area contributed by atoms with Gasteiger partial charge < -0.3 is 4.98 Å². The lowest BCUT2D eigenvalue weighted by Crippen LogP contribution is -1.79.